The Morgan fingerprint density at radius 1 is 1.19 bits per heavy atom. The van der Waals surface area contributed by atoms with Crippen molar-refractivity contribution in [3.8, 4) is 0 Å². The van der Waals surface area contributed by atoms with E-state index in [0.717, 1.165) is 37.2 Å². The molecule has 1 fully saturated rings. The molecule has 0 spiro atoms. The molecule has 6 nitrogen and oxygen atoms in total. The molecule has 27 heavy (non-hydrogen) atoms. The van der Waals surface area contributed by atoms with E-state index in [4.69, 9.17) is 0 Å². The zero-order valence-corrected chi connectivity index (χ0v) is 16.2. The van der Waals surface area contributed by atoms with Crippen LogP contribution in [0.25, 0.3) is 0 Å². The van der Waals surface area contributed by atoms with Crippen molar-refractivity contribution in [2.75, 3.05) is 18.0 Å². The number of hydrogen-bond donors (Lipinski definition) is 0. The number of benzene rings is 1. The van der Waals surface area contributed by atoms with Crippen LogP contribution in [-0.2, 0) is 18.3 Å². The van der Waals surface area contributed by atoms with Crippen molar-refractivity contribution in [1.29, 1.82) is 0 Å². The van der Waals surface area contributed by atoms with Crippen molar-refractivity contribution in [2.24, 2.45) is 12.5 Å². The van der Waals surface area contributed by atoms with Gasteiger partial charge < -0.3 is 9.80 Å². The van der Waals surface area contributed by atoms with Gasteiger partial charge in [-0.05, 0) is 36.0 Å². The quantitative estimate of drug-likeness (QED) is 0.819. The molecule has 0 bridgehead atoms. The van der Waals surface area contributed by atoms with Gasteiger partial charge in [-0.1, -0.05) is 32.0 Å². The third-order valence-corrected chi connectivity index (χ3v) is 5.67. The fourth-order valence-corrected chi connectivity index (χ4v) is 4.31. The molecule has 0 radical (unpaired) electrons. The van der Waals surface area contributed by atoms with Gasteiger partial charge in [-0.25, -0.2) is 4.68 Å². The number of nitrogens with zero attached hydrogens (tertiary/aromatic N) is 4. The Hall–Kier alpha value is -2.63. The molecule has 142 valence electrons. The average molecular weight is 366 g/mol. The summed E-state index contributed by atoms with van der Waals surface area (Å²) in [6, 6.07) is 11.0. The van der Waals surface area contributed by atoms with Gasteiger partial charge in [0, 0.05) is 38.3 Å². The van der Waals surface area contributed by atoms with Crippen LogP contribution in [0.4, 0.5) is 11.5 Å². The number of fused-ring (bicyclic) bond motifs is 1. The average Bonchev–Trinajstić information content (AvgIpc) is 3.02. The number of piperidine rings is 1. The summed E-state index contributed by atoms with van der Waals surface area (Å²) in [6.45, 7) is 6.04. The standard InChI is InChI=1S/C21H26N4O2/c1-21(2)11-6-12-24(14-21)20(27)17-13-15-7-4-5-8-16(15)25(17)18-9-10-19(26)23(3)22-18/h4-5,7-10,17H,6,11-14H2,1-3H3. The molecule has 1 amide bonds. The van der Waals surface area contributed by atoms with Crippen LogP contribution < -0.4 is 10.5 Å². The van der Waals surface area contributed by atoms with Crippen molar-refractivity contribution in [2.45, 2.75) is 39.2 Å². The van der Waals surface area contributed by atoms with Crippen molar-refractivity contribution < 1.29 is 4.79 Å². The number of hydrogen-bond acceptors (Lipinski definition) is 4. The van der Waals surface area contributed by atoms with Gasteiger partial charge in [0.25, 0.3) is 5.56 Å². The third kappa shape index (κ3) is 3.24. The summed E-state index contributed by atoms with van der Waals surface area (Å²) < 4.78 is 1.32. The van der Waals surface area contributed by atoms with Gasteiger partial charge in [-0.2, -0.15) is 5.10 Å². The molecule has 1 unspecified atom stereocenters. The minimum absolute atomic E-state index is 0.148. The van der Waals surface area contributed by atoms with E-state index in [2.05, 4.69) is 25.0 Å². The lowest BCUT2D eigenvalue weighted by Gasteiger charge is -2.40. The van der Waals surface area contributed by atoms with Crippen LogP contribution in [0.2, 0.25) is 0 Å². The van der Waals surface area contributed by atoms with Crippen LogP contribution in [-0.4, -0.2) is 39.7 Å². The number of carbonyl (C=O) groups excluding carboxylic acids is 1. The maximum atomic E-state index is 13.5. The Kier molecular flexibility index (Phi) is 4.29. The maximum Gasteiger partial charge on any atom is 0.266 e. The highest BCUT2D eigenvalue weighted by Crippen LogP contribution is 2.38. The van der Waals surface area contributed by atoms with Crippen molar-refractivity contribution in [3.05, 3.63) is 52.3 Å². The van der Waals surface area contributed by atoms with E-state index in [9.17, 15) is 9.59 Å². The second-order valence-corrected chi connectivity index (χ2v) is 8.40. The van der Waals surface area contributed by atoms with E-state index in [0.29, 0.717) is 12.2 Å². The van der Waals surface area contributed by atoms with Gasteiger partial charge in [0.1, 0.15) is 6.04 Å². The van der Waals surface area contributed by atoms with Crippen molar-refractivity contribution in [1.82, 2.24) is 14.7 Å². The zero-order chi connectivity index (χ0) is 19.2. The van der Waals surface area contributed by atoms with Gasteiger partial charge in [-0.15, -0.1) is 0 Å². The smallest absolute Gasteiger partial charge is 0.266 e. The topological polar surface area (TPSA) is 58.4 Å². The normalized spacial score (nSPS) is 21.2. The van der Waals surface area contributed by atoms with Crippen LogP contribution in [0.5, 0.6) is 0 Å². The summed E-state index contributed by atoms with van der Waals surface area (Å²) in [5, 5.41) is 4.42. The molecule has 1 aromatic carbocycles. The maximum absolute atomic E-state index is 13.5. The molecule has 3 heterocycles. The minimum atomic E-state index is -0.318. The van der Waals surface area contributed by atoms with E-state index in [1.807, 2.05) is 28.0 Å². The Morgan fingerprint density at radius 3 is 2.70 bits per heavy atom. The Morgan fingerprint density at radius 2 is 1.96 bits per heavy atom. The molecule has 4 rings (SSSR count). The lowest BCUT2D eigenvalue weighted by Crippen LogP contribution is -2.51. The Balaban J connectivity index is 1.72. The lowest BCUT2D eigenvalue weighted by molar-refractivity contribution is -0.135. The number of anilines is 2. The second kappa shape index (κ2) is 6.51. The fraction of sp³-hybridized carbons (Fsp3) is 0.476. The number of carbonyl (C=O) groups is 1. The first-order chi connectivity index (χ1) is 12.9. The van der Waals surface area contributed by atoms with E-state index in [1.54, 1.807) is 13.1 Å². The third-order valence-electron chi connectivity index (χ3n) is 5.67. The molecular weight excluding hydrogens is 340 g/mol. The van der Waals surface area contributed by atoms with Crippen LogP contribution in [0.15, 0.2) is 41.2 Å². The van der Waals surface area contributed by atoms with Crippen molar-refractivity contribution >= 4 is 17.4 Å². The molecule has 6 heteroatoms. The predicted octanol–water partition coefficient (Wildman–Crippen LogP) is 2.49. The molecule has 2 aliphatic heterocycles. The molecule has 1 atom stereocenters. The SMILES string of the molecule is Cn1nc(N2c3ccccc3CC2C(=O)N2CCCC(C)(C)C2)ccc1=O. The van der Waals surface area contributed by atoms with E-state index in [1.165, 1.54) is 10.7 Å². The van der Waals surface area contributed by atoms with Gasteiger partial charge in [0.15, 0.2) is 5.82 Å². The van der Waals surface area contributed by atoms with Crippen LogP contribution in [0.3, 0.4) is 0 Å². The summed E-state index contributed by atoms with van der Waals surface area (Å²) in [6.07, 6.45) is 2.85. The highest BCUT2D eigenvalue weighted by Gasteiger charge is 2.40. The zero-order valence-electron chi connectivity index (χ0n) is 16.2. The minimum Gasteiger partial charge on any atom is -0.340 e. The van der Waals surface area contributed by atoms with Gasteiger partial charge in [-0.3, -0.25) is 9.59 Å². The molecule has 2 aliphatic rings. The summed E-state index contributed by atoms with van der Waals surface area (Å²) in [4.78, 5) is 29.3. The fourth-order valence-electron chi connectivity index (χ4n) is 4.31. The summed E-state index contributed by atoms with van der Waals surface area (Å²) in [5.41, 5.74) is 2.13. The summed E-state index contributed by atoms with van der Waals surface area (Å²) in [5.74, 6) is 0.784. The van der Waals surface area contributed by atoms with Crippen molar-refractivity contribution in [3.63, 3.8) is 0 Å². The highest BCUT2D eigenvalue weighted by atomic mass is 16.2. The van der Waals surface area contributed by atoms with E-state index < -0.39 is 0 Å². The number of rotatable bonds is 2. The summed E-state index contributed by atoms with van der Waals surface area (Å²) in [7, 11) is 1.64. The Labute approximate surface area is 159 Å². The first-order valence-corrected chi connectivity index (χ1v) is 9.56. The molecular formula is C21H26N4O2. The number of para-hydroxylation sites is 1. The molecule has 0 N–H and O–H groups in total. The van der Waals surface area contributed by atoms with Gasteiger partial charge in [0.05, 0.1) is 0 Å². The van der Waals surface area contributed by atoms with Crippen LogP contribution in [0.1, 0.15) is 32.3 Å². The monoisotopic (exact) mass is 366 g/mol. The highest BCUT2D eigenvalue weighted by molar-refractivity contribution is 5.91. The first-order valence-electron chi connectivity index (χ1n) is 9.56. The number of aromatic nitrogens is 2. The Bertz CT molecular complexity index is 934. The molecule has 1 saturated heterocycles. The van der Waals surface area contributed by atoms with E-state index >= 15 is 0 Å². The number of aryl methyl sites for hydroxylation is 1. The lowest BCUT2D eigenvalue weighted by atomic mass is 9.84. The largest absolute Gasteiger partial charge is 0.340 e. The summed E-state index contributed by atoms with van der Waals surface area (Å²) >= 11 is 0. The van der Waals surface area contributed by atoms with Crippen LogP contribution in [0, 0.1) is 5.41 Å². The molecule has 2 aromatic rings. The van der Waals surface area contributed by atoms with E-state index in [-0.39, 0.29) is 22.9 Å². The van der Waals surface area contributed by atoms with Crippen LogP contribution >= 0.6 is 0 Å². The first kappa shape index (κ1) is 17.8. The van der Waals surface area contributed by atoms with Gasteiger partial charge in [0.2, 0.25) is 5.91 Å². The number of likely N-dealkylation sites (tertiary alicyclic amines) is 1. The molecule has 0 saturated carbocycles. The predicted molar refractivity (Wildman–Crippen MR) is 105 cm³/mol. The van der Waals surface area contributed by atoms with Gasteiger partial charge >= 0.3 is 0 Å². The second-order valence-electron chi connectivity index (χ2n) is 8.40. The molecule has 0 aliphatic carbocycles. The molecule has 1 aromatic heterocycles. The number of amides is 1.